The van der Waals surface area contributed by atoms with E-state index < -0.39 is 0 Å². The van der Waals surface area contributed by atoms with Gasteiger partial charge >= 0.3 is 0 Å². The number of rotatable bonds is 0. The quantitative estimate of drug-likeness (QED) is 0.602. The van der Waals surface area contributed by atoms with Gasteiger partial charge in [-0.05, 0) is 12.1 Å². The van der Waals surface area contributed by atoms with Gasteiger partial charge in [0.05, 0.1) is 5.02 Å². The van der Waals surface area contributed by atoms with Crippen molar-refractivity contribution in [1.82, 2.24) is 0 Å². The van der Waals surface area contributed by atoms with Crippen molar-refractivity contribution in [2.24, 2.45) is 0 Å². The maximum absolute atomic E-state index is 8.80. The Morgan fingerprint density at radius 3 is 2.20 bits per heavy atom. The molecular weight excluding hydrogens is 175 g/mol. The number of phenolic OH excluding ortho intramolecular Hbond substituents is 2. The summed E-state index contributed by atoms with van der Waals surface area (Å²) in [6.45, 7) is 0. The van der Waals surface area contributed by atoms with E-state index in [0.29, 0.717) is 0 Å². The first-order valence-corrected chi connectivity index (χ1v) is 2.75. The van der Waals surface area contributed by atoms with E-state index in [1.165, 1.54) is 18.2 Å². The molecule has 0 aliphatic carbocycles. The van der Waals surface area contributed by atoms with E-state index in [4.69, 9.17) is 21.8 Å². The number of aromatic hydroxyl groups is 2. The molecule has 0 amide bonds. The van der Waals surface area contributed by atoms with E-state index in [1.807, 2.05) is 0 Å². The third-order valence-electron chi connectivity index (χ3n) is 0.931. The van der Waals surface area contributed by atoms with Crippen LogP contribution >= 0.6 is 24.0 Å². The third-order valence-corrected chi connectivity index (χ3v) is 1.23. The number of hydrogen-bond donors (Lipinski definition) is 2. The van der Waals surface area contributed by atoms with E-state index in [0.717, 1.165) is 0 Å². The molecule has 1 rings (SSSR count). The molecule has 0 fully saturated rings. The van der Waals surface area contributed by atoms with Gasteiger partial charge in [0.15, 0.2) is 0 Å². The summed E-state index contributed by atoms with van der Waals surface area (Å²) >= 11 is 5.40. The Labute approximate surface area is 69.5 Å². The lowest BCUT2D eigenvalue weighted by Gasteiger charge is -1.94. The highest BCUT2D eigenvalue weighted by Crippen LogP contribution is 2.26. The fourth-order valence-corrected chi connectivity index (χ4v) is 0.671. The van der Waals surface area contributed by atoms with Crippen LogP contribution in [-0.2, 0) is 0 Å². The van der Waals surface area contributed by atoms with Crippen molar-refractivity contribution in [3.8, 4) is 11.5 Å². The molecule has 0 saturated carbocycles. The monoisotopic (exact) mass is 180 g/mol. The molecule has 56 valence electrons. The molecule has 0 aliphatic heterocycles. The smallest absolute Gasteiger partial charge is 0.134 e. The largest absolute Gasteiger partial charge is 0.508 e. The molecular formula is C6H6Cl2O2. The summed E-state index contributed by atoms with van der Waals surface area (Å²) in [6, 6.07) is 3.97. The molecule has 4 heteroatoms. The lowest BCUT2D eigenvalue weighted by molar-refractivity contribution is 0.460. The van der Waals surface area contributed by atoms with Crippen LogP contribution in [0.15, 0.2) is 18.2 Å². The Hall–Kier alpha value is -0.600. The molecule has 0 aromatic heterocycles. The van der Waals surface area contributed by atoms with E-state index in [-0.39, 0.29) is 28.9 Å². The van der Waals surface area contributed by atoms with Crippen LogP contribution < -0.4 is 0 Å². The average Bonchev–Trinajstić information content (AvgIpc) is 1.80. The zero-order chi connectivity index (χ0) is 6.85. The molecule has 0 saturated heterocycles. The van der Waals surface area contributed by atoms with E-state index in [9.17, 15) is 0 Å². The Kier molecular flexibility index (Phi) is 3.33. The van der Waals surface area contributed by atoms with Crippen LogP contribution in [0.1, 0.15) is 0 Å². The van der Waals surface area contributed by atoms with E-state index >= 15 is 0 Å². The van der Waals surface area contributed by atoms with Gasteiger partial charge in [-0.1, -0.05) is 11.6 Å². The summed E-state index contributed by atoms with van der Waals surface area (Å²) in [5.41, 5.74) is 0. The van der Waals surface area contributed by atoms with Crippen molar-refractivity contribution in [2.75, 3.05) is 0 Å². The van der Waals surface area contributed by atoms with Crippen LogP contribution in [0.3, 0.4) is 0 Å². The molecule has 2 N–H and O–H groups in total. The average molecular weight is 181 g/mol. The first-order valence-electron chi connectivity index (χ1n) is 2.37. The Balaban J connectivity index is 0.000000810. The minimum atomic E-state index is -0.0190. The predicted octanol–water partition coefficient (Wildman–Crippen LogP) is 2.17. The highest BCUT2D eigenvalue weighted by atomic mass is 35.5. The van der Waals surface area contributed by atoms with Gasteiger partial charge in [-0.15, -0.1) is 12.4 Å². The maximum Gasteiger partial charge on any atom is 0.134 e. The van der Waals surface area contributed by atoms with Gasteiger partial charge in [0, 0.05) is 6.07 Å². The van der Waals surface area contributed by atoms with Crippen LogP contribution in [0.25, 0.3) is 0 Å². The highest BCUT2D eigenvalue weighted by Gasteiger charge is 1.95. The van der Waals surface area contributed by atoms with Gasteiger partial charge in [-0.3, -0.25) is 0 Å². The molecule has 0 radical (unpaired) electrons. The summed E-state index contributed by atoms with van der Waals surface area (Å²) < 4.78 is 0. The van der Waals surface area contributed by atoms with Crippen molar-refractivity contribution >= 4 is 24.0 Å². The zero-order valence-electron chi connectivity index (χ0n) is 4.91. The van der Waals surface area contributed by atoms with Gasteiger partial charge < -0.3 is 10.2 Å². The van der Waals surface area contributed by atoms with Crippen molar-refractivity contribution in [1.29, 1.82) is 0 Å². The standard InChI is InChI=1S/C6H5ClO2.ClH/c7-5-3-4(8)1-2-6(5)9;/h1-3,8-9H;1H. The van der Waals surface area contributed by atoms with E-state index in [2.05, 4.69) is 0 Å². The van der Waals surface area contributed by atoms with Gasteiger partial charge in [-0.2, -0.15) is 0 Å². The summed E-state index contributed by atoms with van der Waals surface area (Å²) in [5.74, 6) is 0.0345. The van der Waals surface area contributed by atoms with Crippen LogP contribution in [0.5, 0.6) is 11.5 Å². The fourth-order valence-electron chi connectivity index (χ4n) is 0.496. The summed E-state index contributed by atoms with van der Waals surface area (Å²) in [4.78, 5) is 0. The van der Waals surface area contributed by atoms with Crippen LogP contribution in [0, 0.1) is 0 Å². The SMILES string of the molecule is Cl.Oc1ccc(O)c(Cl)c1. The molecule has 0 heterocycles. The molecule has 0 spiro atoms. The van der Waals surface area contributed by atoms with E-state index in [1.54, 1.807) is 0 Å². The van der Waals surface area contributed by atoms with Crippen molar-refractivity contribution < 1.29 is 10.2 Å². The molecule has 1 aromatic rings. The minimum absolute atomic E-state index is 0. The zero-order valence-corrected chi connectivity index (χ0v) is 6.49. The maximum atomic E-state index is 8.80. The highest BCUT2D eigenvalue weighted by molar-refractivity contribution is 6.32. The second-order valence-electron chi connectivity index (χ2n) is 1.64. The molecule has 10 heavy (non-hydrogen) atoms. The molecule has 2 nitrogen and oxygen atoms in total. The molecule has 0 aliphatic rings. The molecule has 1 aromatic carbocycles. The molecule has 0 unspecified atom stereocenters. The van der Waals surface area contributed by atoms with Gasteiger partial charge in [0.25, 0.3) is 0 Å². The number of phenols is 2. The van der Waals surface area contributed by atoms with Crippen molar-refractivity contribution in [3.05, 3.63) is 23.2 Å². The lowest BCUT2D eigenvalue weighted by Crippen LogP contribution is -1.66. The number of halogens is 2. The van der Waals surface area contributed by atoms with Crippen LogP contribution in [-0.4, -0.2) is 10.2 Å². The predicted molar refractivity (Wildman–Crippen MR) is 42.0 cm³/mol. The van der Waals surface area contributed by atoms with Crippen molar-refractivity contribution in [3.63, 3.8) is 0 Å². The summed E-state index contributed by atoms with van der Waals surface area (Å²) in [5, 5.41) is 17.7. The van der Waals surface area contributed by atoms with Crippen molar-refractivity contribution in [2.45, 2.75) is 0 Å². The lowest BCUT2D eigenvalue weighted by atomic mass is 10.3. The number of hydrogen-bond acceptors (Lipinski definition) is 2. The summed E-state index contributed by atoms with van der Waals surface area (Å²) in [6.07, 6.45) is 0. The Morgan fingerprint density at radius 1 is 1.20 bits per heavy atom. The van der Waals surface area contributed by atoms with Gasteiger partial charge in [0.1, 0.15) is 11.5 Å². The first-order chi connectivity index (χ1) is 4.20. The third kappa shape index (κ3) is 1.97. The Bertz CT molecular complexity index is 225. The van der Waals surface area contributed by atoms with Gasteiger partial charge in [-0.25, -0.2) is 0 Å². The molecule has 0 bridgehead atoms. The second kappa shape index (κ2) is 3.54. The normalized spacial score (nSPS) is 8.50. The minimum Gasteiger partial charge on any atom is -0.508 e. The topological polar surface area (TPSA) is 40.5 Å². The molecule has 0 atom stereocenters. The summed E-state index contributed by atoms with van der Waals surface area (Å²) in [7, 11) is 0. The Morgan fingerprint density at radius 2 is 1.80 bits per heavy atom. The van der Waals surface area contributed by atoms with Crippen LogP contribution in [0.4, 0.5) is 0 Å². The fraction of sp³-hybridized carbons (Fsp3) is 0. The second-order valence-corrected chi connectivity index (χ2v) is 2.04. The van der Waals surface area contributed by atoms with Crippen LogP contribution in [0.2, 0.25) is 5.02 Å². The van der Waals surface area contributed by atoms with Gasteiger partial charge in [0.2, 0.25) is 0 Å². The number of benzene rings is 1. The first kappa shape index (κ1) is 9.40.